The summed E-state index contributed by atoms with van der Waals surface area (Å²) in [4.78, 5) is 14.2. The predicted octanol–water partition coefficient (Wildman–Crippen LogP) is 2.29. The smallest absolute Gasteiger partial charge is 0.238 e. The van der Waals surface area contributed by atoms with Gasteiger partial charge in [0.25, 0.3) is 0 Å². The maximum absolute atomic E-state index is 12.4. The van der Waals surface area contributed by atoms with E-state index in [1.54, 1.807) is 30.0 Å². The first kappa shape index (κ1) is 16.0. The number of hydrogen-bond donors (Lipinski definition) is 1. The first-order valence-electron chi connectivity index (χ1n) is 6.16. The molecule has 1 rings (SSSR count). The monoisotopic (exact) mass is 302 g/mol. The average molecular weight is 303 g/mol. The second-order valence-electron chi connectivity index (χ2n) is 4.13. The summed E-state index contributed by atoms with van der Waals surface area (Å²) in [5, 5.41) is -0.180. The van der Waals surface area contributed by atoms with Crippen molar-refractivity contribution in [1.82, 2.24) is 4.90 Å². The molecule has 2 atom stereocenters. The van der Waals surface area contributed by atoms with Gasteiger partial charge in [-0.1, -0.05) is 11.6 Å². The van der Waals surface area contributed by atoms with Crippen LogP contribution >= 0.6 is 11.6 Å². The molecule has 19 heavy (non-hydrogen) atoms. The van der Waals surface area contributed by atoms with Gasteiger partial charge in [-0.15, -0.1) is 0 Å². The number of carbonyl (C=O) groups excluding carboxylic acids is 1. The fourth-order valence-electron chi connectivity index (χ4n) is 1.76. The highest BCUT2D eigenvalue weighted by molar-refractivity contribution is 7.86. The number of rotatable bonds is 5. The largest absolute Gasteiger partial charge is 0.398 e. The molecule has 0 bridgehead atoms. The van der Waals surface area contributed by atoms with Crippen molar-refractivity contribution >= 4 is 34.0 Å². The van der Waals surface area contributed by atoms with Crippen LogP contribution in [0.4, 0.5) is 5.69 Å². The molecular formula is C13H19ClN2O2S. The van der Waals surface area contributed by atoms with Crippen LogP contribution in [-0.4, -0.2) is 33.4 Å². The Hall–Kier alpha value is -1.07. The highest BCUT2D eigenvalue weighted by Gasteiger charge is 2.26. The molecule has 4 nitrogen and oxygen atoms in total. The van der Waals surface area contributed by atoms with Gasteiger partial charge in [0.2, 0.25) is 5.91 Å². The lowest BCUT2D eigenvalue weighted by molar-refractivity contribution is -0.129. The SMILES string of the molecule is CCN(CC)C(=O)C(C)S(=O)c1cc(Cl)ccc1N. The first-order chi connectivity index (χ1) is 8.92. The summed E-state index contributed by atoms with van der Waals surface area (Å²) in [5.74, 6) is -0.136. The molecule has 0 aliphatic carbocycles. The van der Waals surface area contributed by atoms with E-state index in [0.717, 1.165) is 0 Å². The third kappa shape index (κ3) is 3.70. The number of anilines is 1. The van der Waals surface area contributed by atoms with Gasteiger partial charge in [0.05, 0.1) is 15.7 Å². The maximum Gasteiger partial charge on any atom is 0.238 e. The zero-order valence-electron chi connectivity index (χ0n) is 11.4. The summed E-state index contributed by atoms with van der Waals surface area (Å²) in [6.07, 6.45) is 0. The highest BCUT2D eigenvalue weighted by Crippen LogP contribution is 2.24. The lowest BCUT2D eigenvalue weighted by Gasteiger charge is -2.22. The molecule has 0 aromatic heterocycles. The highest BCUT2D eigenvalue weighted by atomic mass is 35.5. The number of carbonyl (C=O) groups is 1. The van der Waals surface area contributed by atoms with Crippen molar-refractivity contribution in [1.29, 1.82) is 0 Å². The Labute approximate surface area is 121 Å². The van der Waals surface area contributed by atoms with Crippen molar-refractivity contribution < 1.29 is 9.00 Å². The standard InChI is InChI=1S/C13H19ClN2O2S/c1-4-16(5-2)13(17)9(3)19(18)12-8-10(14)6-7-11(12)15/h6-9H,4-5,15H2,1-3H3. The molecular weight excluding hydrogens is 284 g/mol. The van der Waals surface area contributed by atoms with E-state index in [9.17, 15) is 9.00 Å². The molecule has 6 heteroatoms. The lowest BCUT2D eigenvalue weighted by Crippen LogP contribution is -2.39. The van der Waals surface area contributed by atoms with Gasteiger partial charge in [0.15, 0.2) is 0 Å². The molecule has 0 radical (unpaired) electrons. The minimum absolute atomic E-state index is 0.136. The van der Waals surface area contributed by atoms with Gasteiger partial charge in [-0.05, 0) is 39.0 Å². The third-order valence-electron chi connectivity index (χ3n) is 2.94. The van der Waals surface area contributed by atoms with Crippen molar-refractivity contribution in [2.24, 2.45) is 0 Å². The Balaban J connectivity index is 2.99. The number of amides is 1. The number of nitrogens with zero attached hydrogens (tertiary/aromatic N) is 1. The second kappa shape index (κ2) is 6.91. The Morgan fingerprint density at radius 2 is 2.00 bits per heavy atom. The van der Waals surface area contributed by atoms with Crippen LogP contribution in [-0.2, 0) is 15.6 Å². The van der Waals surface area contributed by atoms with Gasteiger partial charge in [-0.2, -0.15) is 0 Å². The quantitative estimate of drug-likeness (QED) is 0.849. The van der Waals surface area contributed by atoms with E-state index in [1.165, 1.54) is 0 Å². The van der Waals surface area contributed by atoms with Crippen LogP contribution in [0.3, 0.4) is 0 Å². The summed E-state index contributed by atoms with van der Waals surface area (Å²) in [7, 11) is -1.50. The average Bonchev–Trinajstić information content (AvgIpc) is 2.41. The minimum atomic E-state index is -1.50. The molecule has 2 N–H and O–H groups in total. The number of nitrogen functional groups attached to an aromatic ring is 1. The van der Waals surface area contributed by atoms with Crippen LogP contribution in [0.15, 0.2) is 23.1 Å². The van der Waals surface area contributed by atoms with Crippen molar-refractivity contribution in [3.05, 3.63) is 23.2 Å². The van der Waals surface area contributed by atoms with Crippen LogP contribution < -0.4 is 5.73 Å². The van der Waals surface area contributed by atoms with E-state index in [4.69, 9.17) is 17.3 Å². The molecule has 2 unspecified atom stereocenters. The normalized spacial score (nSPS) is 13.9. The van der Waals surface area contributed by atoms with E-state index in [1.807, 2.05) is 13.8 Å². The van der Waals surface area contributed by atoms with Gasteiger partial charge in [-0.3, -0.25) is 9.00 Å². The van der Waals surface area contributed by atoms with Gasteiger partial charge >= 0.3 is 0 Å². The maximum atomic E-state index is 12.4. The summed E-state index contributed by atoms with van der Waals surface area (Å²) < 4.78 is 12.4. The van der Waals surface area contributed by atoms with E-state index >= 15 is 0 Å². The molecule has 1 amide bonds. The fourth-order valence-corrected chi connectivity index (χ4v) is 3.25. The Morgan fingerprint density at radius 3 is 2.53 bits per heavy atom. The van der Waals surface area contributed by atoms with Gasteiger partial charge in [-0.25, -0.2) is 0 Å². The molecule has 0 saturated heterocycles. The van der Waals surface area contributed by atoms with Crippen LogP contribution in [0.1, 0.15) is 20.8 Å². The third-order valence-corrected chi connectivity index (χ3v) is 4.80. The summed E-state index contributed by atoms with van der Waals surface area (Å²) in [5.41, 5.74) is 6.18. The number of hydrogen-bond acceptors (Lipinski definition) is 3. The molecule has 1 aromatic carbocycles. The van der Waals surface area contributed by atoms with Crippen LogP contribution in [0.2, 0.25) is 5.02 Å². The zero-order valence-corrected chi connectivity index (χ0v) is 12.9. The lowest BCUT2D eigenvalue weighted by atomic mass is 10.3. The summed E-state index contributed by atoms with van der Waals surface area (Å²) in [6.45, 7) is 6.64. The number of halogens is 1. The van der Waals surface area contributed by atoms with Crippen LogP contribution in [0, 0.1) is 0 Å². The molecule has 0 aliphatic rings. The molecule has 0 saturated carbocycles. The topological polar surface area (TPSA) is 63.4 Å². The molecule has 0 aliphatic heterocycles. The summed E-state index contributed by atoms with van der Waals surface area (Å²) >= 11 is 5.88. The Bertz CT molecular complexity index is 490. The molecule has 0 heterocycles. The van der Waals surface area contributed by atoms with Gasteiger partial charge < -0.3 is 10.6 Å². The van der Waals surface area contributed by atoms with Crippen LogP contribution in [0.5, 0.6) is 0 Å². The molecule has 0 spiro atoms. The van der Waals surface area contributed by atoms with Crippen molar-refractivity contribution in [3.8, 4) is 0 Å². The van der Waals surface area contributed by atoms with Crippen molar-refractivity contribution in [2.45, 2.75) is 30.9 Å². The zero-order chi connectivity index (χ0) is 14.6. The van der Waals surface area contributed by atoms with E-state index in [0.29, 0.717) is 28.7 Å². The number of nitrogens with two attached hydrogens (primary N) is 1. The molecule has 106 valence electrons. The molecule has 1 aromatic rings. The van der Waals surface area contributed by atoms with Crippen molar-refractivity contribution in [2.75, 3.05) is 18.8 Å². The fraction of sp³-hybridized carbons (Fsp3) is 0.462. The van der Waals surface area contributed by atoms with E-state index in [2.05, 4.69) is 0 Å². The van der Waals surface area contributed by atoms with Crippen LogP contribution in [0.25, 0.3) is 0 Å². The predicted molar refractivity (Wildman–Crippen MR) is 79.7 cm³/mol. The summed E-state index contributed by atoms with van der Waals surface area (Å²) in [6, 6.07) is 4.79. The second-order valence-corrected chi connectivity index (χ2v) is 6.31. The minimum Gasteiger partial charge on any atom is -0.398 e. The van der Waals surface area contributed by atoms with E-state index < -0.39 is 16.0 Å². The molecule has 0 fully saturated rings. The van der Waals surface area contributed by atoms with Gasteiger partial charge in [0, 0.05) is 23.8 Å². The van der Waals surface area contributed by atoms with Gasteiger partial charge in [0.1, 0.15) is 5.25 Å². The Morgan fingerprint density at radius 1 is 1.42 bits per heavy atom. The Kier molecular flexibility index (Phi) is 5.82. The number of benzene rings is 1. The van der Waals surface area contributed by atoms with Crippen molar-refractivity contribution in [3.63, 3.8) is 0 Å². The van der Waals surface area contributed by atoms with E-state index in [-0.39, 0.29) is 5.91 Å². The first-order valence-corrected chi connectivity index (χ1v) is 7.75.